The van der Waals surface area contributed by atoms with E-state index in [1.807, 2.05) is 0 Å². The predicted molar refractivity (Wildman–Crippen MR) is 50.8 cm³/mol. The largest absolute Gasteiger partial charge is 0.419 e. The summed E-state index contributed by atoms with van der Waals surface area (Å²) in [6.45, 7) is 0. The zero-order valence-corrected chi connectivity index (χ0v) is 8.67. The summed E-state index contributed by atoms with van der Waals surface area (Å²) < 4.78 is 37.4. The first-order valence-electron chi connectivity index (χ1n) is 3.17. The fraction of sp³-hybridized carbons (Fsp3) is 0.143. The van der Waals surface area contributed by atoms with Crippen LogP contribution in [-0.2, 0) is 6.18 Å². The molecule has 0 amide bonds. The Bertz CT molecular complexity index is 314. The highest BCUT2D eigenvalue weighted by Gasteiger charge is 2.35. The molecule has 0 aliphatic heterocycles. The van der Waals surface area contributed by atoms with Crippen LogP contribution in [0.5, 0.6) is 0 Å². The van der Waals surface area contributed by atoms with Gasteiger partial charge in [0.2, 0.25) is 0 Å². The third-order valence-corrected chi connectivity index (χ3v) is 2.21. The number of alkyl halides is 3. The van der Waals surface area contributed by atoms with Crippen LogP contribution in [0, 0.1) is 0 Å². The molecule has 1 nitrogen and oxygen atoms in total. The van der Waals surface area contributed by atoms with Crippen molar-refractivity contribution in [2.75, 3.05) is 5.73 Å². The Hall–Kier alpha value is -0.360. The first-order valence-corrected chi connectivity index (χ1v) is 4.41. The van der Waals surface area contributed by atoms with E-state index in [0.717, 1.165) is 0 Å². The van der Waals surface area contributed by atoms with Crippen molar-refractivity contribution in [2.24, 2.45) is 0 Å². The number of nitrogens with two attached hydrogens (primary N) is 1. The van der Waals surface area contributed by atoms with E-state index < -0.39 is 11.7 Å². The first-order chi connectivity index (χ1) is 5.82. The second-order valence-electron chi connectivity index (χ2n) is 2.39. The average molecular weight is 272 g/mol. The van der Waals surface area contributed by atoms with E-state index >= 15 is 0 Å². The summed E-state index contributed by atoms with van der Waals surface area (Å²) in [6, 6.07) is 2.45. The molecule has 0 radical (unpaired) electrons. The molecule has 0 fully saturated rings. The Kier molecular flexibility index (Phi) is 2.82. The number of benzene rings is 1. The molecule has 0 saturated heterocycles. The summed E-state index contributed by atoms with van der Waals surface area (Å²) in [5.41, 5.74) is 3.99. The second kappa shape index (κ2) is 3.42. The van der Waals surface area contributed by atoms with Gasteiger partial charge >= 0.3 is 6.18 Å². The molecule has 13 heavy (non-hydrogen) atoms. The van der Waals surface area contributed by atoms with Gasteiger partial charge < -0.3 is 5.73 Å². The van der Waals surface area contributed by atoms with Gasteiger partial charge in [-0.05, 0) is 12.1 Å². The lowest BCUT2D eigenvalue weighted by Crippen LogP contribution is -2.10. The molecule has 2 N–H and O–H groups in total. The van der Waals surface area contributed by atoms with Crippen LogP contribution in [0.2, 0.25) is 0 Å². The SMILES string of the molecule is Nc1cc(Br)cc(S)c1C(F)(F)F. The van der Waals surface area contributed by atoms with E-state index in [1.165, 1.54) is 12.1 Å². The molecule has 0 aliphatic carbocycles. The molecule has 0 atom stereocenters. The van der Waals surface area contributed by atoms with Gasteiger partial charge in [0.1, 0.15) is 0 Å². The minimum atomic E-state index is -4.46. The molecule has 1 rings (SSSR count). The predicted octanol–water partition coefficient (Wildman–Crippen LogP) is 3.34. The maximum absolute atomic E-state index is 12.3. The molecule has 0 saturated carbocycles. The molecule has 0 heterocycles. The van der Waals surface area contributed by atoms with Crippen LogP contribution >= 0.6 is 28.6 Å². The van der Waals surface area contributed by atoms with Crippen LogP contribution in [0.4, 0.5) is 18.9 Å². The normalized spacial score (nSPS) is 11.8. The van der Waals surface area contributed by atoms with E-state index in [0.29, 0.717) is 4.47 Å². The van der Waals surface area contributed by atoms with Crippen molar-refractivity contribution < 1.29 is 13.2 Å². The number of halogens is 4. The second-order valence-corrected chi connectivity index (χ2v) is 3.78. The van der Waals surface area contributed by atoms with Crippen LogP contribution in [-0.4, -0.2) is 0 Å². The van der Waals surface area contributed by atoms with E-state index in [2.05, 4.69) is 28.6 Å². The first kappa shape index (κ1) is 10.7. The Labute approximate surface area is 86.7 Å². The molecule has 0 aliphatic rings. The van der Waals surface area contributed by atoms with Gasteiger partial charge in [-0.3, -0.25) is 0 Å². The lowest BCUT2D eigenvalue weighted by atomic mass is 10.2. The zero-order valence-electron chi connectivity index (χ0n) is 6.19. The van der Waals surface area contributed by atoms with Crippen LogP contribution in [0.25, 0.3) is 0 Å². The van der Waals surface area contributed by atoms with Crippen molar-refractivity contribution in [1.82, 2.24) is 0 Å². The van der Waals surface area contributed by atoms with E-state index in [1.54, 1.807) is 0 Å². The standard InChI is InChI=1S/C7H5BrF3NS/c8-3-1-4(12)6(5(13)2-3)7(9,10)11/h1-2,13H,12H2. The lowest BCUT2D eigenvalue weighted by molar-refractivity contribution is -0.139. The van der Waals surface area contributed by atoms with Crippen molar-refractivity contribution in [2.45, 2.75) is 11.1 Å². The monoisotopic (exact) mass is 271 g/mol. The lowest BCUT2D eigenvalue weighted by Gasteiger charge is -2.12. The van der Waals surface area contributed by atoms with Crippen molar-refractivity contribution in [3.05, 3.63) is 22.2 Å². The number of nitrogen functional groups attached to an aromatic ring is 1. The molecule has 1 aromatic carbocycles. The Morgan fingerprint density at radius 3 is 2.23 bits per heavy atom. The van der Waals surface area contributed by atoms with Gasteiger partial charge in [0.05, 0.1) is 5.56 Å². The molecule has 0 aromatic heterocycles. The van der Waals surface area contributed by atoms with Gasteiger partial charge in [0, 0.05) is 15.1 Å². The molecule has 0 bridgehead atoms. The third kappa shape index (κ3) is 2.31. The molecule has 72 valence electrons. The number of rotatable bonds is 0. The van der Waals surface area contributed by atoms with E-state index in [4.69, 9.17) is 5.73 Å². The van der Waals surface area contributed by atoms with Gasteiger partial charge in [-0.25, -0.2) is 0 Å². The van der Waals surface area contributed by atoms with E-state index in [9.17, 15) is 13.2 Å². The van der Waals surface area contributed by atoms with Gasteiger partial charge in [-0.2, -0.15) is 13.2 Å². The number of thiol groups is 1. The molecule has 6 heteroatoms. The highest BCUT2D eigenvalue weighted by molar-refractivity contribution is 9.10. The average Bonchev–Trinajstić information content (AvgIpc) is 1.78. The van der Waals surface area contributed by atoms with Gasteiger partial charge in [-0.15, -0.1) is 12.6 Å². The summed E-state index contributed by atoms with van der Waals surface area (Å²) in [4.78, 5) is -0.181. The third-order valence-electron chi connectivity index (χ3n) is 1.40. The molecule has 0 spiro atoms. The van der Waals surface area contributed by atoms with Gasteiger partial charge in [-0.1, -0.05) is 15.9 Å². The fourth-order valence-corrected chi connectivity index (χ4v) is 1.97. The number of anilines is 1. The van der Waals surface area contributed by atoms with Crippen LogP contribution in [0.15, 0.2) is 21.5 Å². The van der Waals surface area contributed by atoms with Crippen LogP contribution < -0.4 is 5.73 Å². The number of hydrogen-bond acceptors (Lipinski definition) is 2. The number of hydrogen-bond donors (Lipinski definition) is 2. The Morgan fingerprint density at radius 1 is 1.31 bits per heavy atom. The topological polar surface area (TPSA) is 26.0 Å². The maximum Gasteiger partial charge on any atom is 0.419 e. The molecular weight excluding hydrogens is 267 g/mol. The zero-order chi connectivity index (χ0) is 10.2. The summed E-state index contributed by atoms with van der Waals surface area (Å²) in [5.74, 6) is 0. The highest BCUT2D eigenvalue weighted by atomic mass is 79.9. The molecule has 1 aromatic rings. The minimum Gasteiger partial charge on any atom is -0.398 e. The summed E-state index contributed by atoms with van der Waals surface area (Å²) in [5, 5.41) is 0. The Balaban J connectivity index is 3.38. The van der Waals surface area contributed by atoms with Gasteiger partial charge in [0.15, 0.2) is 0 Å². The van der Waals surface area contributed by atoms with Crippen molar-refractivity contribution in [3.8, 4) is 0 Å². The Morgan fingerprint density at radius 2 is 1.85 bits per heavy atom. The van der Waals surface area contributed by atoms with Crippen molar-refractivity contribution in [1.29, 1.82) is 0 Å². The molecule has 0 unspecified atom stereocenters. The van der Waals surface area contributed by atoms with Crippen LogP contribution in [0.1, 0.15) is 5.56 Å². The van der Waals surface area contributed by atoms with Crippen molar-refractivity contribution >= 4 is 34.2 Å². The summed E-state index contributed by atoms with van der Waals surface area (Å²) in [7, 11) is 0. The van der Waals surface area contributed by atoms with Crippen LogP contribution in [0.3, 0.4) is 0 Å². The fourth-order valence-electron chi connectivity index (χ4n) is 0.922. The molecular formula is C7H5BrF3NS. The summed E-state index contributed by atoms with van der Waals surface area (Å²) >= 11 is 6.72. The quantitative estimate of drug-likeness (QED) is 0.549. The maximum atomic E-state index is 12.3. The van der Waals surface area contributed by atoms with E-state index in [-0.39, 0.29) is 10.6 Å². The minimum absolute atomic E-state index is 0.181. The summed E-state index contributed by atoms with van der Waals surface area (Å²) in [6.07, 6.45) is -4.46. The van der Waals surface area contributed by atoms with Crippen molar-refractivity contribution in [3.63, 3.8) is 0 Å². The highest BCUT2D eigenvalue weighted by Crippen LogP contribution is 2.39. The van der Waals surface area contributed by atoms with Gasteiger partial charge in [0.25, 0.3) is 0 Å². The smallest absolute Gasteiger partial charge is 0.398 e.